The Labute approximate surface area is 58.1 Å². The minimum atomic E-state index is 0.838. The molecule has 3 heteroatoms. The fourth-order valence-corrected chi connectivity index (χ4v) is 0.816. The molecule has 48 valence electrons. The number of fused-ring (bicyclic) bond motifs is 1. The third kappa shape index (κ3) is 0.719. The quantitative estimate of drug-likeness (QED) is 0.534. The van der Waals surface area contributed by atoms with E-state index < -0.39 is 0 Å². The summed E-state index contributed by atoms with van der Waals surface area (Å²) in [7, 11) is 0. The van der Waals surface area contributed by atoms with Gasteiger partial charge in [-0.05, 0) is 12.1 Å². The monoisotopic (exact) mass is 131 g/mol. The summed E-state index contributed by atoms with van der Waals surface area (Å²) in [6, 6.07) is 3.80. The first-order valence-corrected chi connectivity index (χ1v) is 2.98. The molecule has 0 unspecified atom stereocenters. The highest BCUT2D eigenvalue weighted by molar-refractivity contribution is 5.56. The fraction of sp³-hybridized carbons (Fsp3) is 0. The van der Waals surface area contributed by atoms with Crippen LogP contribution in [0.2, 0.25) is 0 Å². The summed E-state index contributed by atoms with van der Waals surface area (Å²) >= 11 is 0. The van der Waals surface area contributed by atoms with E-state index in [1.165, 1.54) is 0 Å². The van der Waals surface area contributed by atoms with Crippen molar-refractivity contribution in [3.05, 3.63) is 30.7 Å². The number of rotatable bonds is 0. The van der Waals surface area contributed by atoms with Crippen LogP contribution >= 0.6 is 0 Å². The molecule has 0 radical (unpaired) electrons. The highest BCUT2D eigenvalue weighted by atomic mass is 15.1. The number of nitrogens with zero attached hydrogens (tertiary/aromatic N) is 3. The lowest BCUT2D eigenvalue weighted by Gasteiger charge is -1.79. The van der Waals surface area contributed by atoms with Crippen LogP contribution in [0.25, 0.3) is 11.3 Å². The zero-order valence-corrected chi connectivity index (χ0v) is 5.23. The normalized spacial score (nSPS) is 10.0. The van der Waals surface area contributed by atoms with Crippen LogP contribution in [0.4, 0.5) is 0 Å². The Balaban J connectivity index is 2.74. The maximum Gasteiger partial charge on any atom is 0.113 e. The summed E-state index contributed by atoms with van der Waals surface area (Å²) in [6.07, 6.45) is 5.14. The average molecular weight is 131 g/mol. The van der Waals surface area contributed by atoms with Gasteiger partial charge in [0.25, 0.3) is 0 Å². The van der Waals surface area contributed by atoms with Gasteiger partial charge in [0.05, 0.1) is 12.4 Å². The van der Waals surface area contributed by atoms with E-state index in [4.69, 9.17) is 0 Å². The Morgan fingerprint density at radius 3 is 3.20 bits per heavy atom. The van der Waals surface area contributed by atoms with Gasteiger partial charge in [-0.1, -0.05) is 0 Å². The molecule has 0 fully saturated rings. The van der Waals surface area contributed by atoms with Crippen molar-refractivity contribution in [2.75, 3.05) is 0 Å². The van der Waals surface area contributed by atoms with Gasteiger partial charge in [-0.3, -0.25) is 4.98 Å². The van der Waals surface area contributed by atoms with Crippen molar-refractivity contribution in [2.45, 2.75) is 0 Å². The van der Waals surface area contributed by atoms with E-state index in [-0.39, 0.29) is 0 Å². The molecule has 0 aromatic heterocycles. The Morgan fingerprint density at radius 1 is 1.20 bits per heavy atom. The minimum absolute atomic E-state index is 0.838. The summed E-state index contributed by atoms with van der Waals surface area (Å²) in [4.78, 5) is 3.95. The lowest BCUT2D eigenvalue weighted by molar-refractivity contribution is 1.09. The van der Waals surface area contributed by atoms with Crippen molar-refractivity contribution in [3.63, 3.8) is 0 Å². The summed E-state index contributed by atoms with van der Waals surface area (Å²) in [6.45, 7) is 0. The van der Waals surface area contributed by atoms with E-state index in [2.05, 4.69) is 15.2 Å². The largest absolute Gasteiger partial charge is 0.262 e. The highest BCUT2D eigenvalue weighted by Crippen LogP contribution is 2.13. The van der Waals surface area contributed by atoms with Crippen LogP contribution in [0, 0.1) is 0 Å². The minimum Gasteiger partial charge on any atom is -0.262 e. The first-order chi connectivity index (χ1) is 4.97. The summed E-state index contributed by atoms with van der Waals surface area (Å²) in [5, 5.41) is 7.59. The molecule has 0 aromatic rings. The fourth-order valence-electron chi connectivity index (χ4n) is 0.816. The van der Waals surface area contributed by atoms with Crippen LogP contribution in [0.5, 0.6) is 0 Å². The summed E-state index contributed by atoms with van der Waals surface area (Å²) < 4.78 is 0. The Kier molecular flexibility index (Phi) is 1.07. The summed E-state index contributed by atoms with van der Waals surface area (Å²) in [5.74, 6) is 0. The topological polar surface area (TPSA) is 38.7 Å². The second-order valence-electron chi connectivity index (χ2n) is 1.97. The van der Waals surface area contributed by atoms with Gasteiger partial charge in [-0.25, -0.2) is 0 Å². The van der Waals surface area contributed by atoms with Crippen molar-refractivity contribution in [2.24, 2.45) is 0 Å². The molecule has 0 saturated carbocycles. The lowest BCUT2D eigenvalue weighted by Crippen LogP contribution is -1.69. The maximum absolute atomic E-state index is 3.95. The second kappa shape index (κ2) is 2.02. The number of hydrogen-bond donors (Lipinski definition) is 0. The van der Waals surface area contributed by atoms with Gasteiger partial charge in [0.2, 0.25) is 0 Å². The molecule has 0 aliphatic carbocycles. The molecule has 2 aliphatic rings. The van der Waals surface area contributed by atoms with Crippen molar-refractivity contribution < 1.29 is 0 Å². The molecule has 3 nitrogen and oxygen atoms in total. The Hall–Kier alpha value is -1.51. The van der Waals surface area contributed by atoms with Crippen LogP contribution in [-0.4, -0.2) is 15.2 Å². The molecule has 0 saturated heterocycles. The van der Waals surface area contributed by atoms with Crippen molar-refractivity contribution in [1.29, 1.82) is 0 Å². The third-order valence-electron chi connectivity index (χ3n) is 1.30. The molecule has 2 aliphatic heterocycles. The molecule has 2 rings (SSSR count). The van der Waals surface area contributed by atoms with Crippen LogP contribution < -0.4 is 0 Å². The predicted molar refractivity (Wildman–Crippen MR) is 36.4 cm³/mol. The molecular weight excluding hydrogens is 126 g/mol. The van der Waals surface area contributed by atoms with E-state index in [1.54, 1.807) is 18.6 Å². The van der Waals surface area contributed by atoms with Crippen LogP contribution in [-0.2, 0) is 0 Å². The molecule has 0 bridgehead atoms. The van der Waals surface area contributed by atoms with Crippen LogP contribution in [0.3, 0.4) is 0 Å². The van der Waals surface area contributed by atoms with Crippen LogP contribution in [0.1, 0.15) is 0 Å². The van der Waals surface area contributed by atoms with Gasteiger partial charge >= 0.3 is 0 Å². The van der Waals surface area contributed by atoms with Gasteiger partial charge in [-0.15, -0.1) is 5.10 Å². The second-order valence-corrected chi connectivity index (χ2v) is 1.97. The first-order valence-electron chi connectivity index (χ1n) is 2.98. The van der Waals surface area contributed by atoms with E-state index in [1.807, 2.05) is 12.1 Å². The van der Waals surface area contributed by atoms with Gasteiger partial charge in [0, 0.05) is 11.8 Å². The smallest absolute Gasteiger partial charge is 0.113 e. The number of hydrogen-bond acceptors (Lipinski definition) is 3. The molecule has 0 amide bonds. The van der Waals surface area contributed by atoms with Gasteiger partial charge < -0.3 is 0 Å². The van der Waals surface area contributed by atoms with E-state index in [0.717, 1.165) is 11.3 Å². The van der Waals surface area contributed by atoms with Gasteiger partial charge in [-0.2, -0.15) is 5.10 Å². The highest BCUT2D eigenvalue weighted by Gasteiger charge is 1.99. The van der Waals surface area contributed by atoms with Gasteiger partial charge in [0.1, 0.15) is 5.69 Å². The molecule has 2 heterocycles. The lowest BCUT2D eigenvalue weighted by atomic mass is 10.3. The van der Waals surface area contributed by atoms with E-state index in [0.29, 0.717) is 0 Å². The summed E-state index contributed by atoms with van der Waals surface area (Å²) in [5.41, 5.74) is 1.86. The zero-order valence-electron chi connectivity index (χ0n) is 5.23. The predicted octanol–water partition coefficient (Wildman–Crippen LogP) is 0.976. The first kappa shape index (κ1) is 5.29. The maximum atomic E-state index is 3.95. The van der Waals surface area contributed by atoms with Gasteiger partial charge in [0.15, 0.2) is 0 Å². The Bertz CT molecular complexity index is 280. The number of aromatic nitrogens is 3. The van der Waals surface area contributed by atoms with E-state index in [9.17, 15) is 0 Å². The SMILES string of the molecule is c1cncc2nncc-2c1. The molecule has 0 aromatic carbocycles. The van der Waals surface area contributed by atoms with Crippen molar-refractivity contribution in [3.8, 4) is 11.3 Å². The standard InChI is InChI=1S/C7H5N3/c1-2-6-4-9-10-7(6)5-8-3-1/h1-5H. The zero-order chi connectivity index (χ0) is 6.81. The Morgan fingerprint density at radius 2 is 2.20 bits per heavy atom. The van der Waals surface area contributed by atoms with Crippen molar-refractivity contribution >= 4 is 0 Å². The molecular formula is C7H5N3. The van der Waals surface area contributed by atoms with Crippen molar-refractivity contribution in [1.82, 2.24) is 15.2 Å². The molecule has 0 N–H and O–H groups in total. The van der Waals surface area contributed by atoms with Crippen LogP contribution in [0.15, 0.2) is 30.7 Å². The third-order valence-corrected chi connectivity index (χ3v) is 1.30. The molecule has 0 spiro atoms. The van der Waals surface area contributed by atoms with E-state index >= 15 is 0 Å². The molecule has 10 heavy (non-hydrogen) atoms. The molecule has 0 atom stereocenters. The average Bonchev–Trinajstić information content (AvgIpc) is 2.28.